The highest BCUT2D eigenvalue weighted by molar-refractivity contribution is 7.91. The van der Waals surface area contributed by atoms with Gasteiger partial charge < -0.3 is 9.09 Å². The first-order valence-corrected chi connectivity index (χ1v) is 13.2. The first kappa shape index (κ1) is 23.1. The lowest BCUT2D eigenvalue weighted by Crippen LogP contribution is -2.09. The molecule has 0 amide bonds. The molecule has 0 aliphatic heterocycles. The molecule has 2 unspecified atom stereocenters. The summed E-state index contributed by atoms with van der Waals surface area (Å²) in [4.78, 5) is 16.9. The number of sulfone groups is 1. The summed E-state index contributed by atoms with van der Waals surface area (Å²) in [6.07, 6.45) is 1.04. The number of imidazole rings is 1. The van der Waals surface area contributed by atoms with Gasteiger partial charge in [0.1, 0.15) is 11.2 Å². The van der Waals surface area contributed by atoms with Crippen LogP contribution in [0, 0.1) is 11.8 Å². The summed E-state index contributed by atoms with van der Waals surface area (Å²) < 4.78 is 72.4. The van der Waals surface area contributed by atoms with Crippen LogP contribution >= 0.6 is 0 Å². The molecule has 0 aromatic carbocycles. The number of halogens is 3. The highest BCUT2D eigenvalue weighted by Gasteiger charge is 2.51. The summed E-state index contributed by atoms with van der Waals surface area (Å²) in [7, 11) is -2.26. The Morgan fingerprint density at radius 3 is 2.61 bits per heavy atom. The molecule has 0 spiro atoms. The molecule has 9 nitrogen and oxygen atoms in total. The Labute approximate surface area is 203 Å². The van der Waals surface area contributed by atoms with E-state index >= 15 is 0 Å². The van der Waals surface area contributed by atoms with Crippen molar-refractivity contribution in [3.8, 4) is 22.9 Å². The van der Waals surface area contributed by atoms with E-state index < -0.39 is 21.6 Å². The van der Waals surface area contributed by atoms with Crippen molar-refractivity contribution in [2.45, 2.75) is 43.2 Å². The Hall–Kier alpha value is -3.35. The third kappa shape index (κ3) is 3.85. The van der Waals surface area contributed by atoms with Crippen molar-refractivity contribution in [2.75, 3.05) is 5.75 Å². The van der Waals surface area contributed by atoms with E-state index in [1.54, 1.807) is 7.05 Å². The summed E-state index contributed by atoms with van der Waals surface area (Å²) in [6, 6.07) is 2.29. The van der Waals surface area contributed by atoms with Gasteiger partial charge >= 0.3 is 6.18 Å². The standard InChI is InChI=1S/C23H21F3N6O3S/c1-3-36(33,34)17-6-12(19-30-22(35-31-19)15-8-14(15)11-4-5-11)9-27-18(17)21-29-16-7-13(23(24,25)26)10-28-20(16)32(21)2/h6-7,9-11,14-15H,3-5,8H2,1-2H3. The lowest BCUT2D eigenvalue weighted by Gasteiger charge is -2.10. The van der Waals surface area contributed by atoms with Gasteiger partial charge in [0.2, 0.25) is 11.7 Å². The topological polar surface area (TPSA) is 117 Å². The minimum absolute atomic E-state index is 0.00867. The third-order valence-electron chi connectivity index (χ3n) is 6.90. The van der Waals surface area contributed by atoms with Crippen molar-refractivity contribution in [1.29, 1.82) is 0 Å². The first-order valence-electron chi connectivity index (χ1n) is 11.5. The van der Waals surface area contributed by atoms with Gasteiger partial charge in [-0.25, -0.2) is 18.4 Å². The Morgan fingerprint density at radius 1 is 1.14 bits per heavy atom. The fourth-order valence-corrected chi connectivity index (χ4v) is 5.67. The summed E-state index contributed by atoms with van der Waals surface area (Å²) in [6.45, 7) is 1.50. The number of rotatable bonds is 6. The molecule has 4 aromatic rings. The van der Waals surface area contributed by atoms with E-state index in [0.29, 0.717) is 17.4 Å². The predicted octanol–water partition coefficient (Wildman–Crippen LogP) is 4.41. The average Bonchev–Trinajstić information content (AvgIpc) is 3.76. The van der Waals surface area contributed by atoms with E-state index in [1.807, 2.05) is 0 Å². The molecular formula is C23H21F3N6O3S. The quantitative estimate of drug-likeness (QED) is 0.369. The largest absolute Gasteiger partial charge is 0.417 e. The third-order valence-corrected chi connectivity index (χ3v) is 8.64. The van der Waals surface area contributed by atoms with Crippen LogP contribution in [-0.4, -0.2) is 43.8 Å². The van der Waals surface area contributed by atoms with E-state index in [-0.39, 0.29) is 45.1 Å². The number of pyridine rings is 2. The molecule has 2 aliphatic rings. The SMILES string of the molecule is CCS(=O)(=O)c1cc(-c2noc(C3CC3C3CC3)n2)cnc1-c1nc2cc(C(F)(F)F)cnc2n1C. The molecule has 0 saturated heterocycles. The molecule has 2 atom stereocenters. The molecule has 188 valence electrons. The van der Waals surface area contributed by atoms with Crippen LogP contribution in [0.5, 0.6) is 0 Å². The molecular weight excluding hydrogens is 497 g/mol. The van der Waals surface area contributed by atoms with Crippen LogP contribution in [0.15, 0.2) is 33.9 Å². The van der Waals surface area contributed by atoms with Gasteiger partial charge in [-0.05, 0) is 43.2 Å². The molecule has 2 aliphatic carbocycles. The summed E-state index contributed by atoms with van der Waals surface area (Å²) in [5, 5.41) is 4.04. The molecule has 13 heteroatoms. The van der Waals surface area contributed by atoms with Crippen molar-refractivity contribution in [1.82, 2.24) is 29.7 Å². The molecule has 6 rings (SSSR count). The summed E-state index contributed by atoms with van der Waals surface area (Å²) in [5.41, 5.74) is -0.432. The lowest BCUT2D eigenvalue weighted by molar-refractivity contribution is -0.137. The smallest absolute Gasteiger partial charge is 0.339 e. The molecule has 4 aromatic heterocycles. The minimum atomic E-state index is -4.59. The zero-order chi connectivity index (χ0) is 25.4. The van der Waals surface area contributed by atoms with Crippen molar-refractivity contribution >= 4 is 21.0 Å². The van der Waals surface area contributed by atoms with Crippen LogP contribution in [0.25, 0.3) is 34.1 Å². The van der Waals surface area contributed by atoms with Gasteiger partial charge in [-0.2, -0.15) is 18.2 Å². The second kappa shape index (κ2) is 7.82. The van der Waals surface area contributed by atoms with Gasteiger partial charge in [-0.1, -0.05) is 12.1 Å². The number of fused-ring (bicyclic) bond motifs is 1. The van der Waals surface area contributed by atoms with Crippen LogP contribution in [-0.2, 0) is 23.1 Å². The van der Waals surface area contributed by atoms with Crippen LogP contribution in [0.1, 0.15) is 43.6 Å². The van der Waals surface area contributed by atoms with Crippen LogP contribution in [0.2, 0.25) is 0 Å². The zero-order valence-electron chi connectivity index (χ0n) is 19.3. The number of nitrogens with zero attached hydrogens (tertiary/aromatic N) is 6. The van der Waals surface area contributed by atoms with Crippen molar-refractivity contribution in [3.05, 3.63) is 36.0 Å². The Bertz CT molecular complexity index is 1610. The second-order valence-corrected chi connectivity index (χ2v) is 11.6. The summed E-state index contributed by atoms with van der Waals surface area (Å²) in [5.74, 6) is 2.22. The minimum Gasteiger partial charge on any atom is -0.339 e. The molecule has 2 saturated carbocycles. The molecule has 0 bridgehead atoms. The van der Waals surface area contributed by atoms with Gasteiger partial charge in [0.15, 0.2) is 21.3 Å². The van der Waals surface area contributed by atoms with E-state index in [2.05, 4.69) is 25.1 Å². The number of aryl methyl sites for hydroxylation is 1. The maximum absolute atomic E-state index is 13.2. The van der Waals surface area contributed by atoms with E-state index in [0.717, 1.165) is 24.6 Å². The maximum Gasteiger partial charge on any atom is 0.417 e. The second-order valence-electron chi connectivity index (χ2n) is 9.33. The molecule has 4 heterocycles. The Balaban J connectivity index is 1.42. The van der Waals surface area contributed by atoms with E-state index in [1.165, 1.54) is 36.6 Å². The van der Waals surface area contributed by atoms with E-state index in [4.69, 9.17) is 4.52 Å². The van der Waals surface area contributed by atoms with Gasteiger partial charge in [-0.15, -0.1) is 0 Å². The zero-order valence-corrected chi connectivity index (χ0v) is 20.1. The number of aromatic nitrogens is 6. The van der Waals surface area contributed by atoms with Gasteiger partial charge in [0, 0.05) is 30.9 Å². The fourth-order valence-electron chi connectivity index (χ4n) is 4.62. The summed E-state index contributed by atoms with van der Waals surface area (Å²) >= 11 is 0. The van der Waals surface area contributed by atoms with Gasteiger partial charge in [0.25, 0.3) is 0 Å². The molecule has 2 fully saturated rings. The van der Waals surface area contributed by atoms with Gasteiger partial charge in [-0.3, -0.25) is 4.98 Å². The Morgan fingerprint density at radius 2 is 1.92 bits per heavy atom. The maximum atomic E-state index is 13.2. The predicted molar refractivity (Wildman–Crippen MR) is 121 cm³/mol. The van der Waals surface area contributed by atoms with Crippen molar-refractivity contribution in [3.63, 3.8) is 0 Å². The average molecular weight is 519 g/mol. The normalized spacial score (nSPS) is 20.2. The van der Waals surface area contributed by atoms with Gasteiger partial charge in [0.05, 0.1) is 16.2 Å². The van der Waals surface area contributed by atoms with Crippen LogP contribution in [0.3, 0.4) is 0 Å². The fraction of sp³-hybridized carbons (Fsp3) is 0.435. The van der Waals surface area contributed by atoms with Crippen LogP contribution < -0.4 is 0 Å². The number of hydrogen-bond donors (Lipinski definition) is 0. The molecule has 0 radical (unpaired) electrons. The number of hydrogen-bond acceptors (Lipinski definition) is 8. The molecule has 36 heavy (non-hydrogen) atoms. The van der Waals surface area contributed by atoms with Crippen LogP contribution in [0.4, 0.5) is 13.2 Å². The van der Waals surface area contributed by atoms with E-state index in [9.17, 15) is 21.6 Å². The first-order chi connectivity index (χ1) is 17.1. The Kier molecular flexibility index (Phi) is 5.01. The monoisotopic (exact) mass is 518 g/mol. The highest BCUT2D eigenvalue weighted by Crippen LogP contribution is 2.59. The number of alkyl halides is 3. The highest BCUT2D eigenvalue weighted by atomic mass is 32.2. The lowest BCUT2D eigenvalue weighted by atomic mass is 10.2. The van der Waals surface area contributed by atoms with Crippen molar-refractivity contribution in [2.24, 2.45) is 18.9 Å². The van der Waals surface area contributed by atoms with Crippen molar-refractivity contribution < 1.29 is 26.1 Å². The molecule has 0 N–H and O–H groups in total.